The Kier molecular flexibility index (Phi) is 3.48. The predicted octanol–water partition coefficient (Wildman–Crippen LogP) is 1.74. The number of benzene rings is 1. The van der Waals surface area contributed by atoms with Gasteiger partial charge in [-0.15, -0.1) is 0 Å². The lowest BCUT2D eigenvalue weighted by Crippen LogP contribution is -2.12. The zero-order valence-electron chi connectivity index (χ0n) is 12.8. The molecule has 0 aliphatic carbocycles. The summed E-state index contributed by atoms with van der Waals surface area (Å²) in [6.45, 7) is 0. The number of aromatic amines is 2. The van der Waals surface area contributed by atoms with E-state index in [-0.39, 0.29) is 4.90 Å². The van der Waals surface area contributed by atoms with Gasteiger partial charge < -0.3 is 15.3 Å². The number of fused-ring (bicyclic) bond motifs is 1. The quantitative estimate of drug-likeness (QED) is 0.439. The number of H-pyrrole nitrogens is 2. The van der Waals surface area contributed by atoms with Crippen LogP contribution in [-0.2, 0) is 10.0 Å². The minimum absolute atomic E-state index is 0.00553. The first-order valence-electron chi connectivity index (χ1n) is 7.25. The summed E-state index contributed by atoms with van der Waals surface area (Å²) in [5, 5.41) is 8.16. The molecule has 3 heterocycles. The summed E-state index contributed by atoms with van der Waals surface area (Å²) >= 11 is 0. The lowest BCUT2D eigenvalue weighted by molar-refractivity contribution is 0.598. The zero-order chi connectivity index (χ0) is 17.4. The van der Waals surface area contributed by atoms with Crippen molar-refractivity contribution < 1.29 is 8.42 Å². The molecule has 0 saturated carbocycles. The second kappa shape index (κ2) is 5.69. The summed E-state index contributed by atoms with van der Waals surface area (Å²) in [6.07, 6.45) is 5.14. The highest BCUT2D eigenvalue weighted by Crippen LogP contribution is 2.26. The molecule has 0 radical (unpaired) electrons. The van der Waals surface area contributed by atoms with Gasteiger partial charge in [-0.2, -0.15) is 4.98 Å². The Morgan fingerprint density at radius 3 is 2.80 bits per heavy atom. The largest absolute Gasteiger partial charge is 0.367 e. The van der Waals surface area contributed by atoms with Crippen LogP contribution in [0.1, 0.15) is 0 Å². The van der Waals surface area contributed by atoms with Gasteiger partial charge in [-0.25, -0.2) is 23.5 Å². The molecule has 9 nitrogen and oxygen atoms in total. The maximum absolute atomic E-state index is 11.5. The zero-order valence-corrected chi connectivity index (χ0v) is 13.6. The van der Waals surface area contributed by atoms with E-state index in [1.165, 1.54) is 12.1 Å². The van der Waals surface area contributed by atoms with Crippen molar-refractivity contribution in [2.45, 2.75) is 4.90 Å². The van der Waals surface area contributed by atoms with Gasteiger partial charge in [0, 0.05) is 23.6 Å². The Labute approximate surface area is 142 Å². The van der Waals surface area contributed by atoms with Gasteiger partial charge in [-0.05, 0) is 24.3 Å². The molecule has 0 saturated heterocycles. The van der Waals surface area contributed by atoms with E-state index in [9.17, 15) is 8.42 Å². The molecule has 0 fully saturated rings. The summed E-state index contributed by atoms with van der Waals surface area (Å²) in [7, 11) is -3.79. The molecule has 0 atom stereocenters. The number of sulfonamides is 1. The monoisotopic (exact) mass is 355 g/mol. The maximum Gasteiger partial charge on any atom is 0.238 e. The molecule has 10 heteroatoms. The van der Waals surface area contributed by atoms with Crippen molar-refractivity contribution in [2.24, 2.45) is 5.14 Å². The van der Waals surface area contributed by atoms with Gasteiger partial charge in [0.05, 0.1) is 11.2 Å². The second-order valence-electron chi connectivity index (χ2n) is 5.29. The summed E-state index contributed by atoms with van der Waals surface area (Å²) < 4.78 is 23.0. The highest BCUT2D eigenvalue weighted by Gasteiger charge is 2.13. The molecular formula is C15H13N7O2S. The number of nitrogens with zero attached hydrogens (tertiary/aromatic N) is 3. The maximum atomic E-state index is 11.5. The van der Waals surface area contributed by atoms with E-state index in [1.54, 1.807) is 24.7 Å². The Morgan fingerprint density at radius 2 is 2.04 bits per heavy atom. The van der Waals surface area contributed by atoms with Crippen molar-refractivity contribution in [3.63, 3.8) is 0 Å². The minimum atomic E-state index is -3.79. The fourth-order valence-electron chi connectivity index (χ4n) is 2.44. The van der Waals surface area contributed by atoms with E-state index in [2.05, 4.69) is 30.2 Å². The van der Waals surface area contributed by atoms with E-state index in [4.69, 9.17) is 5.14 Å². The van der Waals surface area contributed by atoms with Crippen LogP contribution in [-0.4, -0.2) is 33.3 Å². The minimum Gasteiger partial charge on any atom is -0.367 e. The molecule has 4 aromatic rings. The summed E-state index contributed by atoms with van der Waals surface area (Å²) in [5.41, 5.74) is 3.23. The van der Waals surface area contributed by atoms with Gasteiger partial charge in [0.15, 0.2) is 5.65 Å². The van der Waals surface area contributed by atoms with Crippen LogP contribution < -0.4 is 10.5 Å². The first-order valence-corrected chi connectivity index (χ1v) is 8.79. The van der Waals surface area contributed by atoms with Crippen LogP contribution in [0.2, 0.25) is 0 Å². The molecule has 0 aliphatic rings. The van der Waals surface area contributed by atoms with Gasteiger partial charge in [0.25, 0.3) is 0 Å². The van der Waals surface area contributed by atoms with Gasteiger partial charge in [0.2, 0.25) is 16.0 Å². The molecule has 4 rings (SSSR count). The van der Waals surface area contributed by atoms with Crippen molar-refractivity contribution in [2.75, 3.05) is 5.32 Å². The number of rotatable bonds is 4. The van der Waals surface area contributed by atoms with Crippen LogP contribution in [0.25, 0.3) is 22.4 Å². The Balaban J connectivity index is 1.78. The van der Waals surface area contributed by atoms with Crippen molar-refractivity contribution >= 4 is 32.8 Å². The molecule has 0 aliphatic heterocycles. The van der Waals surface area contributed by atoms with E-state index >= 15 is 0 Å². The second-order valence-corrected chi connectivity index (χ2v) is 6.85. The number of hydrogen-bond acceptors (Lipinski definition) is 6. The third kappa shape index (κ3) is 2.95. The molecule has 0 bridgehead atoms. The first kappa shape index (κ1) is 15.3. The number of imidazole rings is 1. The fourth-order valence-corrected chi connectivity index (χ4v) is 3.00. The smallest absolute Gasteiger partial charge is 0.238 e. The Morgan fingerprint density at radius 1 is 1.16 bits per heavy atom. The van der Waals surface area contributed by atoms with Crippen molar-refractivity contribution in [3.05, 3.63) is 49.1 Å². The van der Waals surface area contributed by atoms with Crippen LogP contribution in [0.15, 0.2) is 53.9 Å². The van der Waals surface area contributed by atoms with E-state index in [1.807, 2.05) is 12.3 Å². The summed E-state index contributed by atoms with van der Waals surface area (Å²) in [4.78, 5) is 19.1. The Bertz CT molecular complexity index is 1150. The number of aromatic nitrogens is 5. The number of hydrogen-bond donors (Lipinski definition) is 4. The van der Waals surface area contributed by atoms with Crippen LogP contribution >= 0.6 is 0 Å². The average Bonchev–Trinajstić information content (AvgIpc) is 3.25. The molecular weight excluding hydrogens is 342 g/mol. The lowest BCUT2D eigenvalue weighted by atomic mass is 10.2. The van der Waals surface area contributed by atoms with E-state index < -0.39 is 10.0 Å². The van der Waals surface area contributed by atoms with Gasteiger partial charge in [-0.1, -0.05) is 6.07 Å². The third-order valence-corrected chi connectivity index (χ3v) is 4.48. The Hall–Kier alpha value is -3.24. The molecule has 0 unspecified atom stereocenters. The molecule has 5 N–H and O–H groups in total. The highest BCUT2D eigenvalue weighted by molar-refractivity contribution is 7.89. The van der Waals surface area contributed by atoms with Gasteiger partial charge >= 0.3 is 0 Å². The van der Waals surface area contributed by atoms with Crippen LogP contribution in [0, 0.1) is 0 Å². The number of nitrogens with two attached hydrogens (primary N) is 1. The molecule has 126 valence electrons. The van der Waals surface area contributed by atoms with Crippen LogP contribution in [0.4, 0.5) is 11.6 Å². The van der Waals surface area contributed by atoms with Crippen molar-refractivity contribution in [1.82, 2.24) is 24.9 Å². The standard InChI is InChI=1S/C15H13N7O2S/c16-25(23,24)11-3-1-2-10(6-11)20-15-21-12(9-4-5-17-7-9)13-14(22-15)19-8-18-13/h1-8,17H,(H2,16,23,24)(H2,18,19,20,21,22). The predicted molar refractivity (Wildman–Crippen MR) is 92.6 cm³/mol. The summed E-state index contributed by atoms with van der Waals surface area (Å²) in [5.74, 6) is 0.305. The average molecular weight is 355 g/mol. The first-order chi connectivity index (χ1) is 12.0. The lowest BCUT2D eigenvalue weighted by Gasteiger charge is -2.08. The fraction of sp³-hybridized carbons (Fsp3) is 0. The van der Waals surface area contributed by atoms with Gasteiger partial charge in [0.1, 0.15) is 11.2 Å². The topological polar surface area (TPSA) is 142 Å². The summed E-state index contributed by atoms with van der Waals surface area (Å²) in [6, 6.07) is 8.01. The normalized spacial score (nSPS) is 11.7. The number of nitrogens with one attached hydrogen (secondary N) is 3. The SMILES string of the molecule is NS(=O)(=O)c1cccc(Nc2nc(-c3cc[nH]c3)c3nc[nH]c3n2)c1. The van der Waals surface area contributed by atoms with Crippen molar-refractivity contribution in [3.8, 4) is 11.3 Å². The van der Waals surface area contributed by atoms with Gasteiger partial charge in [-0.3, -0.25) is 0 Å². The molecule has 0 amide bonds. The van der Waals surface area contributed by atoms with Crippen LogP contribution in [0.3, 0.4) is 0 Å². The van der Waals surface area contributed by atoms with E-state index in [0.29, 0.717) is 28.5 Å². The molecule has 3 aromatic heterocycles. The van der Waals surface area contributed by atoms with Crippen molar-refractivity contribution in [1.29, 1.82) is 0 Å². The molecule has 0 spiro atoms. The highest BCUT2D eigenvalue weighted by atomic mass is 32.2. The third-order valence-electron chi connectivity index (χ3n) is 3.57. The van der Waals surface area contributed by atoms with E-state index in [0.717, 1.165) is 5.56 Å². The molecule has 1 aromatic carbocycles. The number of anilines is 2. The number of primary sulfonamides is 1. The van der Waals surface area contributed by atoms with Crippen LogP contribution in [0.5, 0.6) is 0 Å². The molecule has 25 heavy (non-hydrogen) atoms.